The zero-order chi connectivity index (χ0) is 23.9. The predicted octanol–water partition coefficient (Wildman–Crippen LogP) is 8.22. The molecule has 0 amide bonds. The summed E-state index contributed by atoms with van der Waals surface area (Å²) in [5, 5.41) is 0.183. The van der Waals surface area contributed by atoms with Crippen LogP contribution in [0.1, 0.15) is 59.4 Å². The lowest BCUT2D eigenvalue weighted by Crippen LogP contribution is -2.29. The van der Waals surface area contributed by atoms with Gasteiger partial charge in [-0.1, -0.05) is 79.8 Å². The summed E-state index contributed by atoms with van der Waals surface area (Å²) in [6.07, 6.45) is 19.9. The van der Waals surface area contributed by atoms with Crippen molar-refractivity contribution >= 4 is 17.2 Å². The summed E-state index contributed by atoms with van der Waals surface area (Å²) in [5.74, 6) is 0. The van der Waals surface area contributed by atoms with Gasteiger partial charge in [0.05, 0.1) is 5.16 Å². The molecular formula is C29H38N2P2. The Morgan fingerprint density at radius 2 is 1.48 bits per heavy atom. The molecule has 4 rings (SSSR count). The molecule has 2 nitrogen and oxygen atoms in total. The summed E-state index contributed by atoms with van der Waals surface area (Å²) in [5.41, 5.74) is 7.97. The average molecular weight is 477 g/mol. The lowest BCUT2D eigenvalue weighted by atomic mass is 9.88. The Morgan fingerprint density at radius 3 is 1.94 bits per heavy atom. The van der Waals surface area contributed by atoms with E-state index in [0.29, 0.717) is 0 Å². The van der Waals surface area contributed by atoms with E-state index in [1.807, 2.05) is 12.4 Å². The molecule has 0 saturated heterocycles. The maximum Gasteiger partial charge on any atom is 0.0891 e. The third-order valence-electron chi connectivity index (χ3n) is 6.65. The van der Waals surface area contributed by atoms with Gasteiger partial charge in [-0.3, -0.25) is 0 Å². The maximum absolute atomic E-state index is 3.53. The zero-order valence-electron chi connectivity index (χ0n) is 20.9. The van der Waals surface area contributed by atoms with Crippen molar-refractivity contribution in [1.29, 1.82) is 0 Å². The second kappa shape index (κ2) is 9.05. The van der Waals surface area contributed by atoms with Gasteiger partial charge in [-0.2, -0.15) is 0 Å². The fourth-order valence-electron chi connectivity index (χ4n) is 5.20. The second-order valence-corrected chi connectivity index (χ2v) is 15.8. The van der Waals surface area contributed by atoms with Crippen LogP contribution >= 0.6 is 17.2 Å². The smallest absolute Gasteiger partial charge is 0.0891 e. The minimum Gasteiger partial charge on any atom is -0.364 e. The van der Waals surface area contributed by atoms with Crippen molar-refractivity contribution in [2.24, 2.45) is 0 Å². The van der Waals surface area contributed by atoms with Crippen LogP contribution in [0.15, 0.2) is 95.4 Å². The van der Waals surface area contributed by atoms with Crippen molar-refractivity contribution < 1.29 is 0 Å². The molecule has 174 valence electrons. The van der Waals surface area contributed by atoms with E-state index >= 15 is 0 Å². The maximum atomic E-state index is 3.53. The van der Waals surface area contributed by atoms with Gasteiger partial charge in [0.1, 0.15) is 0 Å². The van der Waals surface area contributed by atoms with E-state index in [1.165, 1.54) is 33.7 Å². The molecule has 2 aromatic rings. The summed E-state index contributed by atoms with van der Waals surface area (Å²) in [7, 11) is 2.93. The number of hydrogen-bond acceptors (Lipinski definition) is 0. The number of hydrogen-bond donors (Lipinski definition) is 2. The lowest BCUT2D eigenvalue weighted by molar-refractivity contribution is 0.705. The molecule has 0 saturated carbocycles. The Morgan fingerprint density at radius 1 is 0.879 bits per heavy atom. The fourth-order valence-corrected chi connectivity index (χ4v) is 9.39. The molecule has 2 aliphatic rings. The molecular weight excluding hydrogens is 438 g/mol. The summed E-state index contributed by atoms with van der Waals surface area (Å²) < 4.78 is 0. The zero-order valence-corrected chi connectivity index (χ0v) is 22.9. The van der Waals surface area contributed by atoms with Crippen LogP contribution in [0, 0.1) is 0 Å². The number of nitrogens with one attached hydrogen (secondary N) is 2. The molecule has 2 aromatic heterocycles. The van der Waals surface area contributed by atoms with Crippen LogP contribution in [-0.2, 0) is 5.16 Å². The molecule has 0 aliphatic heterocycles. The van der Waals surface area contributed by atoms with E-state index in [1.54, 1.807) is 0 Å². The van der Waals surface area contributed by atoms with Gasteiger partial charge in [0.2, 0.25) is 0 Å². The average Bonchev–Trinajstić information content (AvgIpc) is 3.52. The third-order valence-corrected chi connectivity index (χ3v) is 11.5. The number of aromatic nitrogens is 2. The van der Waals surface area contributed by atoms with E-state index in [2.05, 4.69) is 121 Å². The van der Waals surface area contributed by atoms with Crippen LogP contribution in [0.2, 0.25) is 0 Å². The molecule has 2 N–H and O–H groups in total. The molecule has 4 heteroatoms. The van der Waals surface area contributed by atoms with Crippen molar-refractivity contribution in [1.82, 2.24) is 9.97 Å². The van der Waals surface area contributed by atoms with Crippen molar-refractivity contribution in [3.63, 3.8) is 0 Å². The van der Waals surface area contributed by atoms with Crippen LogP contribution in [0.3, 0.4) is 0 Å². The highest BCUT2D eigenvalue weighted by molar-refractivity contribution is 7.61. The Bertz CT molecular complexity index is 1080. The number of allylic oxidation sites excluding steroid dienone is 10. The third kappa shape index (κ3) is 4.84. The second-order valence-electron chi connectivity index (χ2n) is 11.1. The Hall–Kier alpha value is -1.88. The predicted molar refractivity (Wildman–Crippen MR) is 149 cm³/mol. The van der Waals surface area contributed by atoms with Crippen molar-refractivity contribution in [3.8, 4) is 0 Å². The first-order chi connectivity index (χ1) is 15.5. The van der Waals surface area contributed by atoms with Gasteiger partial charge in [-0.05, 0) is 75.5 Å². The van der Waals surface area contributed by atoms with Crippen molar-refractivity contribution in [2.45, 2.75) is 63.4 Å². The van der Waals surface area contributed by atoms with E-state index in [4.69, 9.17) is 0 Å². The van der Waals surface area contributed by atoms with E-state index in [0.717, 1.165) is 12.6 Å². The number of rotatable bonds is 5. The molecule has 0 spiro atoms. The molecule has 0 fully saturated rings. The van der Waals surface area contributed by atoms with Gasteiger partial charge in [0.15, 0.2) is 0 Å². The largest absolute Gasteiger partial charge is 0.364 e. The van der Waals surface area contributed by atoms with Gasteiger partial charge < -0.3 is 9.97 Å². The van der Waals surface area contributed by atoms with Crippen LogP contribution < -0.4 is 0 Å². The quantitative estimate of drug-likeness (QED) is 0.408. The Labute approximate surface area is 203 Å². The number of H-pyrrole nitrogens is 2. The first kappa shape index (κ1) is 24.3. The highest BCUT2D eigenvalue weighted by atomic mass is 31.1. The summed E-state index contributed by atoms with van der Waals surface area (Å²) >= 11 is 0. The van der Waals surface area contributed by atoms with E-state index in [-0.39, 0.29) is 23.4 Å². The topological polar surface area (TPSA) is 31.6 Å². The molecule has 2 aliphatic carbocycles. The van der Waals surface area contributed by atoms with Crippen LogP contribution in [0.4, 0.5) is 0 Å². The van der Waals surface area contributed by atoms with Gasteiger partial charge in [-0.25, -0.2) is 0 Å². The molecule has 33 heavy (non-hydrogen) atoms. The standard InChI is InChI=1S/C29H38N2P2/c1-27(2,3)33(28(4,5)6)20-23-18-22(21-12-8-7-9-13-21)19-24(23)29(32,25-14-10-16-30-25)26-15-11-17-31-26/h7-12,14-19,30-31H,13,20,32H2,1-6H3. The monoisotopic (exact) mass is 476 g/mol. The van der Waals surface area contributed by atoms with E-state index < -0.39 is 0 Å². The van der Waals surface area contributed by atoms with Gasteiger partial charge in [0.25, 0.3) is 0 Å². The minimum absolute atomic E-state index is 0.269. The first-order valence-electron chi connectivity index (χ1n) is 11.8. The van der Waals surface area contributed by atoms with Crippen LogP contribution in [-0.4, -0.2) is 26.4 Å². The van der Waals surface area contributed by atoms with Gasteiger partial charge in [0, 0.05) is 23.8 Å². The molecule has 2 heterocycles. The normalized spacial score (nSPS) is 19.4. The summed E-state index contributed by atoms with van der Waals surface area (Å²) in [6, 6.07) is 8.61. The highest BCUT2D eigenvalue weighted by Crippen LogP contribution is 2.62. The number of aromatic amines is 2. The molecule has 0 radical (unpaired) electrons. The molecule has 0 aromatic carbocycles. The summed E-state index contributed by atoms with van der Waals surface area (Å²) in [4.78, 5) is 7.05. The molecule has 0 bridgehead atoms. The fraction of sp³-hybridized carbons (Fsp3) is 0.379. The van der Waals surface area contributed by atoms with Crippen LogP contribution in [0.25, 0.3) is 0 Å². The van der Waals surface area contributed by atoms with E-state index in [9.17, 15) is 0 Å². The highest BCUT2D eigenvalue weighted by Gasteiger charge is 2.42. The van der Waals surface area contributed by atoms with Crippen molar-refractivity contribution in [2.75, 3.05) is 6.16 Å². The SMILES string of the molecule is CC(C)(C)P(CC1=CC(=C2C=CC=CC2)C=C1C(P)(c1ccc[nH]1)c1ccc[nH]1)C(C)(C)C. The summed E-state index contributed by atoms with van der Waals surface area (Å²) in [6.45, 7) is 14.5. The Kier molecular flexibility index (Phi) is 6.65. The lowest BCUT2D eigenvalue weighted by Gasteiger charge is -2.43. The minimum atomic E-state index is -0.355. The molecule has 1 unspecified atom stereocenters. The molecule has 1 atom stereocenters. The Balaban J connectivity index is 1.89. The van der Waals surface area contributed by atoms with Crippen molar-refractivity contribution in [3.05, 3.63) is 107 Å². The van der Waals surface area contributed by atoms with Gasteiger partial charge in [-0.15, -0.1) is 9.24 Å². The van der Waals surface area contributed by atoms with Crippen LogP contribution in [0.5, 0.6) is 0 Å². The van der Waals surface area contributed by atoms with Gasteiger partial charge >= 0.3 is 0 Å². The first-order valence-corrected chi connectivity index (χ1v) is 14.0.